The molecule has 0 radical (unpaired) electrons. The molecule has 142 valence electrons. The van der Waals surface area contributed by atoms with Gasteiger partial charge in [0.25, 0.3) is 5.91 Å². The first kappa shape index (κ1) is 19.0. The lowest BCUT2D eigenvalue weighted by Gasteiger charge is -2.08. The molecule has 0 unspecified atom stereocenters. The average Bonchev–Trinajstić information content (AvgIpc) is 3.19. The highest BCUT2D eigenvalue weighted by Gasteiger charge is 2.34. The molecule has 2 aromatic heterocycles. The standard InChI is InChI=1S/C17H15ClF3N5O/c1-3-26-13(8-14(24-26)17(19,20)21)10-4-6-11(7-5-10)23-16(27)15-12(18)9-22-25(15)2/h4-9H,3H2,1-2H3,(H,23,27). The molecule has 0 spiro atoms. The highest BCUT2D eigenvalue weighted by molar-refractivity contribution is 6.34. The van der Waals surface area contributed by atoms with Crippen molar-refractivity contribution in [3.63, 3.8) is 0 Å². The number of aromatic nitrogens is 4. The van der Waals surface area contributed by atoms with Gasteiger partial charge in [-0.2, -0.15) is 23.4 Å². The maximum Gasteiger partial charge on any atom is 0.435 e. The van der Waals surface area contributed by atoms with Crippen LogP contribution in [0.3, 0.4) is 0 Å². The third-order valence-electron chi connectivity index (χ3n) is 3.92. The lowest BCUT2D eigenvalue weighted by atomic mass is 10.1. The third kappa shape index (κ3) is 3.82. The summed E-state index contributed by atoms with van der Waals surface area (Å²) in [5.74, 6) is -0.439. The van der Waals surface area contributed by atoms with Crippen molar-refractivity contribution in [3.05, 3.63) is 52.9 Å². The van der Waals surface area contributed by atoms with Crippen LogP contribution < -0.4 is 5.32 Å². The van der Waals surface area contributed by atoms with Crippen molar-refractivity contribution in [2.45, 2.75) is 19.6 Å². The van der Waals surface area contributed by atoms with Crippen LogP contribution in [-0.2, 0) is 19.8 Å². The summed E-state index contributed by atoms with van der Waals surface area (Å²) in [6.07, 6.45) is -3.14. The molecule has 0 fully saturated rings. The summed E-state index contributed by atoms with van der Waals surface area (Å²) in [6, 6.07) is 7.43. The van der Waals surface area contributed by atoms with E-state index in [0.29, 0.717) is 23.5 Å². The number of carbonyl (C=O) groups excluding carboxylic acids is 1. The molecule has 1 N–H and O–H groups in total. The molecule has 0 aliphatic rings. The first-order chi connectivity index (χ1) is 12.7. The zero-order valence-corrected chi connectivity index (χ0v) is 15.1. The van der Waals surface area contributed by atoms with Crippen molar-refractivity contribution < 1.29 is 18.0 Å². The average molecular weight is 398 g/mol. The number of nitrogens with zero attached hydrogens (tertiary/aromatic N) is 4. The lowest BCUT2D eigenvalue weighted by Crippen LogP contribution is -2.16. The van der Waals surface area contributed by atoms with Crippen molar-refractivity contribution in [1.29, 1.82) is 0 Å². The molecule has 1 amide bonds. The topological polar surface area (TPSA) is 64.7 Å². The molecule has 0 aliphatic heterocycles. The summed E-state index contributed by atoms with van der Waals surface area (Å²) in [4.78, 5) is 12.3. The second-order valence-corrected chi connectivity index (χ2v) is 6.13. The van der Waals surface area contributed by atoms with E-state index in [0.717, 1.165) is 6.07 Å². The Labute approximate surface area is 157 Å². The molecular weight excluding hydrogens is 383 g/mol. The molecule has 0 saturated heterocycles. The predicted octanol–water partition coefficient (Wildman–Crippen LogP) is 4.23. The number of hydrogen-bond donors (Lipinski definition) is 1. The molecular formula is C17H15ClF3N5O. The van der Waals surface area contributed by atoms with Gasteiger partial charge in [0.15, 0.2) is 5.69 Å². The molecule has 0 saturated carbocycles. The number of carbonyl (C=O) groups is 1. The summed E-state index contributed by atoms with van der Waals surface area (Å²) in [5.41, 5.74) is 0.635. The van der Waals surface area contributed by atoms with Crippen molar-refractivity contribution >= 4 is 23.2 Å². The first-order valence-electron chi connectivity index (χ1n) is 7.95. The van der Waals surface area contributed by atoms with Gasteiger partial charge in [-0.3, -0.25) is 14.2 Å². The maximum atomic E-state index is 12.9. The zero-order chi connectivity index (χ0) is 19.8. The van der Waals surface area contributed by atoms with Crippen LogP contribution in [-0.4, -0.2) is 25.5 Å². The highest BCUT2D eigenvalue weighted by Crippen LogP contribution is 2.32. The van der Waals surface area contributed by atoms with Gasteiger partial charge >= 0.3 is 6.18 Å². The molecule has 2 heterocycles. The molecule has 3 rings (SSSR count). The van der Waals surface area contributed by atoms with Crippen LogP contribution in [0.5, 0.6) is 0 Å². The lowest BCUT2D eigenvalue weighted by molar-refractivity contribution is -0.141. The Hall–Kier alpha value is -2.81. The minimum Gasteiger partial charge on any atom is -0.321 e. The van der Waals surface area contributed by atoms with Crippen molar-refractivity contribution in [1.82, 2.24) is 19.6 Å². The van der Waals surface area contributed by atoms with Gasteiger partial charge in [0.1, 0.15) is 5.69 Å². The van der Waals surface area contributed by atoms with Crippen molar-refractivity contribution in [3.8, 4) is 11.3 Å². The Kier molecular flexibility index (Phi) is 4.97. The number of benzene rings is 1. The summed E-state index contributed by atoms with van der Waals surface area (Å²) < 4.78 is 41.3. The van der Waals surface area contributed by atoms with Gasteiger partial charge in [-0.05, 0) is 30.7 Å². The van der Waals surface area contributed by atoms with Crippen LogP contribution in [0.4, 0.5) is 18.9 Å². The van der Waals surface area contributed by atoms with Crippen LogP contribution in [0, 0.1) is 0 Å². The summed E-state index contributed by atoms with van der Waals surface area (Å²) in [5, 5.41) is 10.4. The second kappa shape index (κ2) is 7.07. The highest BCUT2D eigenvalue weighted by atomic mass is 35.5. The van der Waals surface area contributed by atoms with Gasteiger partial charge in [-0.15, -0.1) is 0 Å². The Morgan fingerprint density at radius 3 is 2.44 bits per heavy atom. The van der Waals surface area contributed by atoms with Crippen LogP contribution >= 0.6 is 11.6 Å². The summed E-state index contributed by atoms with van der Waals surface area (Å²) >= 11 is 5.94. The van der Waals surface area contributed by atoms with E-state index in [1.807, 2.05) is 0 Å². The smallest absolute Gasteiger partial charge is 0.321 e. The Morgan fingerprint density at radius 2 is 1.93 bits per heavy atom. The van der Waals surface area contributed by atoms with E-state index in [-0.39, 0.29) is 10.7 Å². The Morgan fingerprint density at radius 1 is 1.26 bits per heavy atom. The molecule has 0 aliphatic carbocycles. The first-order valence-corrected chi connectivity index (χ1v) is 8.32. The summed E-state index contributed by atoms with van der Waals surface area (Å²) in [7, 11) is 1.59. The molecule has 10 heteroatoms. The molecule has 3 aromatic rings. The van der Waals surface area contributed by atoms with Crippen LogP contribution in [0.25, 0.3) is 11.3 Å². The number of halogens is 4. The second-order valence-electron chi connectivity index (χ2n) is 5.72. The van der Waals surface area contributed by atoms with Crippen LogP contribution in [0.2, 0.25) is 5.02 Å². The Balaban J connectivity index is 1.84. The van der Waals surface area contributed by atoms with Gasteiger partial charge in [-0.1, -0.05) is 23.7 Å². The fourth-order valence-electron chi connectivity index (χ4n) is 2.61. The van der Waals surface area contributed by atoms with Crippen molar-refractivity contribution in [2.24, 2.45) is 7.05 Å². The number of anilines is 1. The number of aryl methyl sites for hydroxylation is 2. The van der Waals surface area contributed by atoms with Gasteiger partial charge in [0.05, 0.1) is 16.9 Å². The van der Waals surface area contributed by atoms with Crippen molar-refractivity contribution in [2.75, 3.05) is 5.32 Å². The number of amides is 1. The minimum absolute atomic E-state index is 0.208. The number of alkyl halides is 3. The van der Waals surface area contributed by atoms with E-state index >= 15 is 0 Å². The van der Waals surface area contributed by atoms with Gasteiger partial charge in [0, 0.05) is 19.3 Å². The molecule has 1 aromatic carbocycles. The minimum atomic E-state index is -4.51. The van der Waals surface area contributed by atoms with Gasteiger partial charge in [-0.25, -0.2) is 0 Å². The maximum absolute atomic E-state index is 12.9. The SMILES string of the molecule is CCn1nc(C(F)(F)F)cc1-c1ccc(NC(=O)c2c(Cl)cnn2C)cc1. The third-order valence-corrected chi connectivity index (χ3v) is 4.19. The monoisotopic (exact) mass is 397 g/mol. The van der Waals surface area contributed by atoms with E-state index in [1.165, 1.54) is 15.6 Å². The Bertz CT molecular complexity index is 956. The zero-order valence-electron chi connectivity index (χ0n) is 14.4. The van der Waals surface area contributed by atoms with E-state index in [9.17, 15) is 18.0 Å². The molecule has 0 atom stereocenters. The largest absolute Gasteiger partial charge is 0.435 e. The fourth-order valence-corrected chi connectivity index (χ4v) is 2.86. The molecule has 27 heavy (non-hydrogen) atoms. The molecule has 0 bridgehead atoms. The molecule has 6 nitrogen and oxygen atoms in total. The van der Waals surface area contributed by atoms with Gasteiger partial charge in [0.2, 0.25) is 0 Å². The predicted molar refractivity (Wildman–Crippen MR) is 94.5 cm³/mol. The van der Waals surface area contributed by atoms with Gasteiger partial charge < -0.3 is 5.32 Å². The number of rotatable bonds is 4. The van der Waals surface area contributed by atoms with Crippen LogP contribution in [0.15, 0.2) is 36.5 Å². The normalized spacial score (nSPS) is 11.6. The van der Waals surface area contributed by atoms with E-state index in [4.69, 9.17) is 11.6 Å². The van der Waals surface area contributed by atoms with E-state index < -0.39 is 17.8 Å². The van der Waals surface area contributed by atoms with E-state index in [2.05, 4.69) is 15.5 Å². The fraction of sp³-hybridized carbons (Fsp3) is 0.235. The number of hydrogen-bond acceptors (Lipinski definition) is 3. The number of nitrogens with one attached hydrogen (secondary N) is 1. The summed E-state index contributed by atoms with van der Waals surface area (Å²) in [6.45, 7) is 2.01. The quantitative estimate of drug-likeness (QED) is 0.716. The van der Waals surface area contributed by atoms with Crippen LogP contribution in [0.1, 0.15) is 23.1 Å². The van der Waals surface area contributed by atoms with E-state index in [1.54, 1.807) is 38.2 Å².